The molecule has 2 nitrogen and oxygen atoms in total. The van der Waals surface area contributed by atoms with E-state index in [1.54, 1.807) is 0 Å². The van der Waals surface area contributed by atoms with Crippen molar-refractivity contribution in [3.63, 3.8) is 0 Å². The average Bonchev–Trinajstić information content (AvgIpc) is 2.80. The van der Waals surface area contributed by atoms with Crippen molar-refractivity contribution in [1.82, 2.24) is 0 Å². The summed E-state index contributed by atoms with van der Waals surface area (Å²) in [5.41, 5.74) is 3.55. The van der Waals surface area contributed by atoms with Crippen LogP contribution in [0.3, 0.4) is 0 Å². The van der Waals surface area contributed by atoms with Crippen LogP contribution in [0.1, 0.15) is 11.1 Å². The second kappa shape index (κ2) is 5.84. The maximum absolute atomic E-state index is 12.8. The highest BCUT2D eigenvalue weighted by atomic mass is 19.4. The molecule has 0 saturated carbocycles. The lowest BCUT2D eigenvalue weighted by Gasteiger charge is -2.14. The van der Waals surface area contributed by atoms with Crippen LogP contribution in [-0.4, -0.2) is 0 Å². The Morgan fingerprint density at radius 3 is 2.36 bits per heavy atom. The van der Waals surface area contributed by atoms with Crippen LogP contribution >= 0.6 is 0 Å². The third kappa shape index (κ3) is 2.93. The Hall–Kier alpha value is -2.95. The molecule has 5 heteroatoms. The van der Waals surface area contributed by atoms with Crippen LogP contribution in [0.5, 0.6) is 5.75 Å². The minimum atomic E-state index is -4.34. The molecule has 0 amide bonds. The number of benzene rings is 3. The van der Waals surface area contributed by atoms with Gasteiger partial charge in [0.15, 0.2) is 0 Å². The van der Waals surface area contributed by atoms with Gasteiger partial charge in [-0.3, -0.25) is 0 Å². The molecule has 0 aromatic heterocycles. The van der Waals surface area contributed by atoms with Gasteiger partial charge in [0.2, 0.25) is 0 Å². The maximum atomic E-state index is 12.8. The van der Waals surface area contributed by atoms with Gasteiger partial charge in [-0.1, -0.05) is 42.5 Å². The van der Waals surface area contributed by atoms with Gasteiger partial charge in [-0.25, -0.2) is 0 Å². The molecule has 0 spiro atoms. The summed E-state index contributed by atoms with van der Waals surface area (Å²) in [4.78, 5) is 0. The van der Waals surface area contributed by atoms with E-state index in [1.807, 2.05) is 42.5 Å². The van der Waals surface area contributed by atoms with E-state index in [2.05, 4.69) is 5.32 Å². The Bertz CT molecular complexity index is 917. The van der Waals surface area contributed by atoms with Crippen LogP contribution < -0.4 is 10.1 Å². The fourth-order valence-electron chi connectivity index (χ4n) is 2.93. The number of fused-ring (bicyclic) bond motifs is 2. The van der Waals surface area contributed by atoms with E-state index in [0.29, 0.717) is 6.61 Å². The molecule has 0 bridgehead atoms. The van der Waals surface area contributed by atoms with Crippen molar-refractivity contribution in [2.45, 2.75) is 12.8 Å². The van der Waals surface area contributed by atoms with E-state index in [1.165, 1.54) is 12.1 Å². The number of hydrogen-bond donors (Lipinski definition) is 1. The fraction of sp³-hybridized carbons (Fsp3) is 0.100. The molecular formula is C20H14F3NO. The van der Waals surface area contributed by atoms with Crippen molar-refractivity contribution in [2.75, 3.05) is 5.32 Å². The molecule has 1 N–H and O–H groups in total. The van der Waals surface area contributed by atoms with E-state index in [9.17, 15) is 13.2 Å². The van der Waals surface area contributed by atoms with Gasteiger partial charge in [-0.05, 0) is 29.8 Å². The molecule has 4 rings (SSSR count). The fourth-order valence-corrected chi connectivity index (χ4v) is 2.93. The highest BCUT2D eigenvalue weighted by Crippen LogP contribution is 2.40. The van der Waals surface area contributed by atoms with Gasteiger partial charge < -0.3 is 10.1 Å². The van der Waals surface area contributed by atoms with Gasteiger partial charge in [0.05, 0.1) is 16.9 Å². The Balaban J connectivity index is 1.78. The van der Waals surface area contributed by atoms with Crippen molar-refractivity contribution >= 4 is 11.4 Å². The Kier molecular flexibility index (Phi) is 3.64. The standard InChI is InChI=1S/C20H14F3NO/c21-20(22,23)15-10-8-13(9-11-15)16-5-3-4-14-12-25-18-7-2-1-6-17(18)24-19(14)16/h1-11,24H,12H2. The lowest BCUT2D eigenvalue weighted by Crippen LogP contribution is -2.04. The molecule has 0 saturated heterocycles. The third-order valence-electron chi connectivity index (χ3n) is 4.20. The summed E-state index contributed by atoms with van der Waals surface area (Å²) in [6.45, 7) is 0.397. The highest BCUT2D eigenvalue weighted by molar-refractivity contribution is 5.85. The van der Waals surface area contributed by atoms with Gasteiger partial charge in [0.25, 0.3) is 0 Å². The first-order valence-electron chi connectivity index (χ1n) is 7.81. The molecule has 126 valence electrons. The van der Waals surface area contributed by atoms with Gasteiger partial charge in [-0.2, -0.15) is 13.2 Å². The van der Waals surface area contributed by atoms with E-state index in [-0.39, 0.29) is 0 Å². The summed E-state index contributed by atoms with van der Waals surface area (Å²) in [7, 11) is 0. The van der Waals surface area contributed by atoms with Crippen molar-refractivity contribution in [1.29, 1.82) is 0 Å². The van der Waals surface area contributed by atoms with Crippen molar-refractivity contribution < 1.29 is 17.9 Å². The number of ether oxygens (including phenoxy) is 1. The van der Waals surface area contributed by atoms with Gasteiger partial charge in [-0.15, -0.1) is 0 Å². The first kappa shape index (κ1) is 15.6. The summed E-state index contributed by atoms with van der Waals surface area (Å²) in [6.07, 6.45) is -4.34. The van der Waals surface area contributed by atoms with E-state index in [0.717, 1.165) is 45.9 Å². The van der Waals surface area contributed by atoms with E-state index < -0.39 is 11.7 Å². The molecule has 0 atom stereocenters. The Morgan fingerprint density at radius 2 is 1.60 bits per heavy atom. The summed E-state index contributed by atoms with van der Waals surface area (Å²) in [5, 5.41) is 3.37. The maximum Gasteiger partial charge on any atom is 0.416 e. The number of para-hydroxylation sites is 3. The second-order valence-electron chi connectivity index (χ2n) is 5.82. The van der Waals surface area contributed by atoms with Crippen molar-refractivity contribution in [3.8, 4) is 16.9 Å². The number of hydrogen-bond acceptors (Lipinski definition) is 2. The smallest absolute Gasteiger partial charge is 0.416 e. The monoisotopic (exact) mass is 341 g/mol. The Morgan fingerprint density at radius 1 is 0.840 bits per heavy atom. The normalized spacial score (nSPS) is 13.1. The predicted molar refractivity (Wildman–Crippen MR) is 90.9 cm³/mol. The van der Waals surface area contributed by atoms with Gasteiger partial charge in [0, 0.05) is 11.1 Å². The van der Waals surface area contributed by atoms with Crippen molar-refractivity contribution in [2.24, 2.45) is 0 Å². The van der Waals surface area contributed by atoms with Crippen molar-refractivity contribution in [3.05, 3.63) is 77.9 Å². The first-order chi connectivity index (χ1) is 12.0. The molecule has 3 aromatic rings. The van der Waals surface area contributed by atoms with Gasteiger partial charge in [0.1, 0.15) is 12.4 Å². The molecule has 3 aromatic carbocycles. The SMILES string of the molecule is FC(F)(F)c1ccc(-c2cccc3c2Nc2ccccc2OC3)cc1. The first-order valence-corrected chi connectivity index (χ1v) is 7.81. The number of halogens is 3. The summed E-state index contributed by atoms with van der Waals surface area (Å²) < 4.78 is 44.2. The summed E-state index contributed by atoms with van der Waals surface area (Å²) in [6, 6.07) is 18.5. The number of nitrogens with one attached hydrogen (secondary N) is 1. The van der Waals surface area contributed by atoms with Crippen LogP contribution in [-0.2, 0) is 12.8 Å². The number of anilines is 2. The summed E-state index contributed by atoms with van der Waals surface area (Å²) >= 11 is 0. The zero-order valence-electron chi connectivity index (χ0n) is 13.1. The van der Waals surface area contributed by atoms with E-state index >= 15 is 0 Å². The van der Waals surface area contributed by atoms with Crippen LogP contribution in [0.4, 0.5) is 24.5 Å². The average molecular weight is 341 g/mol. The lowest BCUT2D eigenvalue weighted by molar-refractivity contribution is -0.137. The molecule has 25 heavy (non-hydrogen) atoms. The topological polar surface area (TPSA) is 21.3 Å². The highest BCUT2D eigenvalue weighted by Gasteiger charge is 2.30. The van der Waals surface area contributed by atoms with Crippen LogP contribution in [0.15, 0.2) is 66.7 Å². The largest absolute Gasteiger partial charge is 0.487 e. The lowest BCUT2D eigenvalue weighted by atomic mass is 9.99. The van der Waals surface area contributed by atoms with Crippen LogP contribution in [0.25, 0.3) is 11.1 Å². The number of alkyl halides is 3. The molecule has 0 unspecified atom stereocenters. The molecular weight excluding hydrogens is 327 g/mol. The molecule has 1 heterocycles. The zero-order valence-corrected chi connectivity index (χ0v) is 13.1. The molecule has 0 radical (unpaired) electrons. The minimum Gasteiger partial charge on any atom is -0.487 e. The molecule has 0 fully saturated rings. The van der Waals surface area contributed by atoms with Crippen LogP contribution in [0, 0.1) is 0 Å². The third-order valence-corrected chi connectivity index (χ3v) is 4.20. The van der Waals surface area contributed by atoms with Gasteiger partial charge >= 0.3 is 6.18 Å². The second-order valence-corrected chi connectivity index (χ2v) is 5.82. The number of rotatable bonds is 1. The zero-order chi connectivity index (χ0) is 17.4. The molecule has 0 aliphatic carbocycles. The van der Waals surface area contributed by atoms with Crippen LogP contribution in [0.2, 0.25) is 0 Å². The molecule has 1 aliphatic heterocycles. The minimum absolute atomic E-state index is 0.397. The Labute approximate surface area is 142 Å². The van der Waals surface area contributed by atoms with E-state index in [4.69, 9.17) is 4.74 Å². The quantitative estimate of drug-likeness (QED) is 0.585. The summed E-state index contributed by atoms with van der Waals surface area (Å²) in [5.74, 6) is 0.747. The predicted octanol–water partition coefficient (Wildman–Crippen LogP) is 6.01. The molecule has 1 aliphatic rings.